The van der Waals surface area contributed by atoms with Crippen molar-refractivity contribution in [2.24, 2.45) is 0 Å². The fraction of sp³-hybridized carbons (Fsp3) is 0.692. The summed E-state index contributed by atoms with van der Waals surface area (Å²) in [5.74, 6) is 0. The van der Waals surface area contributed by atoms with Gasteiger partial charge in [0.15, 0.2) is 0 Å². The molecule has 0 aliphatic carbocycles. The Morgan fingerprint density at radius 1 is 1.35 bits per heavy atom. The van der Waals surface area contributed by atoms with Crippen LogP contribution in [0.15, 0.2) is 15.9 Å². The summed E-state index contributed by atoms with van der Waals surface area (Å²) < 4.78 is 1.20. The highest BCUT2D eigenvalue weighted by Crippen LogP contribution is 2.20. The van der Waals surface area contributed by atoms with E-state index in [9.17, 15) is 0 Å². The molecule has 0 unspecified atom stereocenters. The summed E-state index contributed by atoms with van der Waals surface area (Å²) in [6.07, 6.45) is 3.78. The Kier molecular flexibility index (Phi) is 8.10. The maximum absolute atomic E-state index is 3.49. The van der Waals surface area contributed by atoms with Gasteiger partial charge < -0.3 is 10.2 Å². The second-order valence-corrected chi connectivity index (χ2v) is 6.34. The van der Waals surface area contributed by atoms with E-state index in [0.717, 1.165) is 19.6 Å². The van der Waals surface area contributed by atoms with Gasteiger partial charge in [-0.3, -0.25) is 0 Å². The van der Waals surface area contributed by atoms with Crippen molar-refractivity contribution in [3.8, 4) is 0 Å². The molecule has 1 aromatic heterocycles. The molecule has 0 saturated carbocycles. The molecule has 2 nitrogen and oxygen atoms in total. The van der Waals surface area contributed by atoms with Crippen LogP contribution in [0.25, 0.3) is 0 Å². The van der Waals surface area contributed by atoms with Crippen LogP contribution >= 0.6 is 27.3 Å². The van der Waals surface area contributed by atoms with Gasteiger partial charge in [0, 0.05) is 21.3 Å². The van der Waals surface area contributed by atoms with Crippen LogP contribution in [-0.2, 0) is 6.54 Å². The SMILES string of the molecule is CCCNCCCCN(C)Cc1cc(Br)cs1. The van der Waals surface area contributed by atoms with Gasteiger partial charge in [-0.1, -0.05) is 6.92 Å². The van der Waals surface area contributed by atoms with E-state index >= 15 is 0 Å². The molecule has 0 aliphatic heterocycles. The molecule has 0 fully saturated rings. The van der Waals surface area contributed by atoms with Crippen molar-refractivity contribution in [2.75, 3.05) is 26.7 Å². The van der Waals surface area contributed by atoms with Crippen molar-refractivity contribution >= 4 is 27.3 Å². The highest BCUT2D eigenvalue weighted by atomic mass is 79.9. The highest BCUT2D eigenvalue weighted by molar-refractivity contribution is 9.10. The second kappa shape index (κ2) is 9.09. The van der Waals surface area contributed by atoms with Crippen LogP contribution in [0.5, 0.6) is 0 Å². The van der Waals surface area contributed by atoms with Gasteiger partial charge in [-0.15, -0.1) is 11.3 Å². The van der Waals surface area contributed by atoms with Crippen LogP contribution in [0.1, 0.15) is 31.1 Å². The predicted molar refractivity (Wildman–Crippen MR) is 80.7 cm³/mol. The quantitative estimate of drug-likeness (QED) is 0.698. The molecular weight excluding hydrogens is 296 g/mol. The van der Waals surface area contributed by atoms with Crippen molar-refractivity contribution in [1.82, 2.24) is 10.2 Å². The first kappa shape index (κ1) is 15.2. The molecule has 0 radical (unpaired) electrons. The maximum atomic E-state index is 3.49. The lowest BCUT2D eigenvalue weighted by atomic mass is 10.3. The van der Waals surface area contributed by atoms with Crippen LogP contribution in [-0.4, -0.2) is 31.6 Å². The first-order valence-corrected chi connectivity index (χ1v) is 8.01. The number of hydrogen-bond acceptors (Lipinski definition) is 3. The average molecular weight is 319 g/mol. The first-order valence-electron chi connectivity index (χ1n) is 6.34. The van der Waals surface area contributed by atoms with Crippen LogP contribution < -0.4 is 5.32 Å². The molecule has 0 bridgehead atoms. The number of halogens is 1. The van der Waals surface area contributed by atoms with Crippen LogP contribution in [0.4, 0.5) is 0 Å². The summed E-state index contributed by atoms with van der Waals surface area (Å²) in [4.78, 5) is 3.83. The summed E-state index contributed by atoms with van der Waals surface area (Å²) in [5, 5.41) is 5.59. The molecular formula is C13H23BrN2S. The third kappa shape index (κ3) is 7.19. The maximum Gasteiger partial charge on any atom is 0.0325 e. The van der Waals surface area contributed by atoms with Gasteiger partial charge in [0.25, 0.3) is 0 Å². The van der Waals surface area contributed by atoms with E-state index < -0.39 is 0 Å². The molecule has 0 amide bonds. The van der Waals surface area contributed by atoms with E-state index in [4.69, 9.17) is 0 Å². The number of nitrogens with one attached hydrogen (secondary N) is 1. The molecule has 1 heterocycles. The molecule has 0 atom stereocenters. The zero-order chi connectivity index (χ0) is 12.5. The fourth-order valence-electron chi connectivity index (χ4n) is 1.72. The molecule has 0 saturated heterocycles. The van der Waals surface area contributed by atoms with Crippen LogP contribution in [0.2, 0.25) is 0 Å². The fourth-order valence-corrected chi connectivity index (χ4v) is 3.25. The van der Waals surface area contributed by atoms with Gasteiger partial charge in [0.1, 0.15) is 0 Å². The molecule has 1 N–H and O–H groups in total. The van der Waals surface area contributed by atoms with Gasteiger partial charge >= 0.3 is 0 Å². The topological polar surface area (TPSA) is 15.3 Å². The van der Waals surface area contributed by atoms with Crippen molar-refractivity contribution in [1.29, 1.82) is 0 Å². The third-order valence-electron chi connectivity index (χ3n) is 2.62. The molecule has 1 rings (SSSR count). The summed E-state index contributed by atoms with van der Waals surface area (Å²) in [5.41, 5.74) is 0. The van der Waals surface area contributed by atoms with Crippen LogP contribution in [0.3, 0.4) is 0 Å². The molecule has 1 aromatic rings. The molecule has 0 aromatic carbocycles. The number of nitrogens with zero attached hydrogens (tertiary/aromatic N) is 1. The number of thiophene rings is 1. The van der Waals surface area contributed by atoms with E-state index in [1.54, 1.807) is 0 Å². The zero-order valence-corrected chi connectivity index (χ0v) is 13.2. The summed E-state index contributed by atoms with van der Waals surface area (Å²) in [6, 6.07) is 2.21. The lowest BCUT2D eigenvalue weighted by molar-refractivity contribution is 0.320. The third-order valence-corrected chi connectivity index (χ3v) is 4.30. The number of rotatable bonds is 9. The van der Waals surface area contributed by atoms with Crippen molar-refractivity contribution in [3.63, 3.8) is 0 Å². The molecule has 0 aliphatic rings. The largest absolute Gasteiger partial charge is 0.317 e. The Bertz CT molecular complexity index is 301. The monoisotopic (exact) mass is 318 g/mol. The van der Waals surface area contributed by atoms with E-state index in [2.05, 4.69) is 51.6 Å². The van der Waals surface area contributed by atoms with Crippen molar-refractivity contribution in [2.45, 2.75) is 32.7 Å². The van der Waals surface area contributed by atoms with E-state index in [1.807, 2.05) is 11.3 Å². The Morgan fingerprint density at radius 3 is 2.82 bits per heavy atom. The Balaban J connectivity index is 2.03. The molecule has 4 heteroatoms. The van der Waals surface area contributed by atoms with E-state index in [0.29, 0.717) is 0 Å². The highest BCUT2D eigenvalue weighted by Gasteiger charge is 2.02. The van der Waals surface area contributed by atoms with Gasteiger partial charge in [-0.05, 0) is 67.9 Å². The van der Waals surface area contributed by atoms with Crippen LogP contribution in [0, 0.1) is 0 Å². The van der Waals surface area contributed by atoms with E-state index in [1.165, 1.54) is 35.2 Å². The van der Waals surface area contributed by atoms with Crippen molar-refractivity contribution < 1.29 is 0 Å². The van der Waals surface area contributed by atoms with Gasteiger partial charge in [0.05, 0.1) is 0 Å². The van der Waals surface area contributed by atoms with E-state index in [-0.39, 0.29) is 0 Å². The predicted octanol–water partition coefficient (Wildman–Crippen LogP) is 3.72. The van der Waals surface area contributed by atoms with Crippen molar-refractivity contribution in [3.05, 3.63) is 20.8 Å². The molecule has 0 spiro atoms. The van der Waals surface area contributed by atoms with Gasteiger partial charge in [-0.25, -0.2) is 0 Å². The Morgan fingerprint density at radius 2 is 2.18 bits per heavy atom. The lowest BCUT2D eigenvalue weighted by Crippen LogP contribution is -2.21. The second-order valence-electron chi connectivity index (χ2n) is 4.43. The normalized spacial score (nSPS) is 11.3. The smallest absolute Gasteiger partial charge is 0.0325 e. The molecule has 17 heavy (non-hydrogen) atoms. The van der Waals surface area contributed by atoms with Gasteiger partial charge in [-0.2, -0.15) is 0 Å². The zero-order valence-electron chi connectivity index (χ0n) is 10.8. The Labute approximate surface area is 118 Å². The molecule has 98 valence electrons. The summed E-state index contributed by atoms with van der Waals surface area (Å²) in [6.45, 7) is 6.77. The Hall–Kier alpha value is 0.1000. The lowest BCUT2D eigenvalue weighted by Gasteiger charge is -2.15. The minimum Gasteiger partial charge on any atom is -0.317 e. The minimum absolute atomic E-state index is 1.07. The van der Waals surface area contributed by atoms with Gasteiger partial charge in [0.2, 0.25) is 0 Å². The summed E-state index contributed by atoms with van der Waals surface area (Å²) >= 11 is 5.32. The first-order chi connectivity index (χ1) is 8.22. The number of hydrogen-bond donors (Lipinski definition) is 1. The minimum atomic E-state index is 1.07. The average Bonchev–Trinajstić information content (AvgIpc) is 2.69. The number of unbranched alkanes of at least 4 members (excludes halogenated alkanes) is 1. The standard InChI is InChI=1S/C13H23BrN2S/c1-3-6-15-7-4-5-8-16(2)10-13-9-12(14)11-17-13/h9,11,15H,3-8,10H2,1-2H3. The summed E-state index contributed by atoms with van der Waals surface area (Å²) in [7, 11) is 2.20.